The first kappa shape index (κ1) is 23.5. The summed E-state index contributed by atoms with van der Waals surface area (Å²) in [5.74, 6) is 2.70. The molecule has 184 valence electrons. The molecule has 4 heterocycles. The van der Waals surface area contributed by atoms with Gasteiger partial charge < -0.3 is 24.8 Å². The van der Waals surface area contributed by atoms with Crippen molar-refractivity contribution in [3.8, 4) is 22.9 Å². The highest BCUT2D eigenvalue weighted by atomic mass is 16.5. The van der Waals surface area contributed by atoms with E-state index < -0.39 is 0 Å². The zero-order chi connectivity index (χ0) is 24.7. The van der Waals surface area contributed by atoms with Gasteiger partial charge in [0.15, 0.2) is 11.6 Å². The molecule has 9 heteroatoms. The Hall–Kier alpha value is -4.24. The van der Waals surface area contributed by atoms with Crippen LogP contribution in [0.15, 0.2) is 67.1 Å². The fraction of sp³-hybridized carbons (Fsp3) is 0.259. The van der Waals surface area contributed by atoms with Crippen LogP contribution in [0.3, 0.4) is 0 Å². The second-order valence-electron chi connectivity index (χ2n) is 8.32. The molecule has 0 spiro atoms. The number of anilines is 4. The zero-order valence-corrected chi connectivity index (χ0v) is 20.3. The third kappa shape index (κ3) is 5.21. The van der Waals surface area contributed by atoms with Gasteiger partial charge in [-0.25, -0.2) is 4.98 Å². The monoisotopic (exact) mass is 484 g/mol. The fourth-order valence-corrected chi connectivity index (χ4v) is 4.27. The van der Waals surface area contributed by atoms with Gasteiger partial charge in [-0.1, -0.05) is 12.1 Å². The van der Waals surface area contributed by atoms with Crippen LogP contribution >= 0.6 is 0 Å². The normalized spacial score (nSPS) is 13.7. The lowest BCUT2D eigenvalue weighted by Crippen LogP contribution is -2.14. The number of benzene rings is 1. The summed E-state index contributed by atoms with van der Waals surface area (Å²) < 4.78 is 16.7. The van der Waals surface area contributed by atoms with Crippen molar-refractivity contribution in [1.82, 2.24) is 19.9 Å². The number of pyridine rings is 2. The van der Waals surface area contributed by atoms with Crippen LogP contribution in [0.2, 0.25) is 0 Å². The number of aromatic nitrogens is 4. The summed E-state index contributed by atoms with van der Waals surface area (Å²) in [4.78, 5) is 18.0. The minimum Gasteiger partial charge on any atom is -0.496 e. The Morgan fingerprint density at radius 2 is 1.69 bits per heavy atom. The van der Waals surface area contributed by atoms with Crippen molar-refractivity contribution in [2.45, 2.75) is 18.8 Å². The van der Waals surface area contributed by atoms with E-state index in [0.29, 0.717) is 29.1 Å². The minimum absolute atomic E-state index is 0.419. The van der Waals surface area contributed by atoms with Gasteiger partial charge in [0.25, 0.3) is 0 Å². The maximum Gasteiger partial charge on any atom is 0.229 e. The van der Waals surface area contributed by atoms with Crippen LogP contribution in [0.4, 0.5) is 23.1 Å². The Labute approximate surface area is 209 Å². The number of methoxy groups -OCH3 is 2. The molecule has 0 saturated carbocycles. The minimum atomic E-state index is 0.419. The van der Waals surface area contributed by atoms with E-state index in [1.807, 2.05) is 42.5 Å². The third-order valence-electron chi connectivity index (χ3n) is 6.09. The van der Waals surface area contributed by atoms with Crippen molar-refractivity contribution in [2.24, 2.45) is 0 Å². The molecule has 0 radical (unpaired) electrons. The van der Waals surface area contributed by atoms with Crippen molar-refractivity contribution in [3.05, 3.63) is 72.7 Å². The van der Waals surface area contributed by atoms with E-state index in [1.165, 1.54) is 5.56 Å². The molecule has 0 aliphatic carbocycles. The van der Waals surface area contributed by atoms with Gasteiger partial charge in [0.2, 0.25) is 5.95 Å². The second-order valence-corrected chi connectivity index (χ2v) is 8.32. The molecule has 9 nitrogen and oxygen atoms in total. The number of nitrogens with zero attached hydrogens (tertiary/aromatic N) is 4. The Bertz CT molecular complexity index is 1310. The number of hydrogen-bond acceptors (Lipinski definition) is 9. The SMILES string of the molecule is COc1cc(Nc2ncc(OC)c(Nc3cccnc3-c3ccccn3)n2)ccc1C1CCOCC1. The first-order valence-electron chi connectivity index (χ1n) is 11.8. The summed E-state index contributed by atoms with van der Waals surface area (Å²) in [7, 11) is 3.28. The molecule has 0 amide bonds. The summed E-state index contributed by atoms with van der Waals surface area (Å²) in [5.41, 5.74) is 4.24. The second kappa shape index (κ2) is 11.0. The summed E-state index contributed by atoms with van der Waals surface area (Å²) in [6, 6.07) is 15.6. The Kier molecular flexibility index (Phi) is 7.18. The highest BCUT2D eigenvalue weighted by molar-refractivity contribution is 5.76. The highest BCUT2D eigenvalue weighted by Gasteiger charge is 2.20. The van der Waals surface area contributed by atoms with Gasteiger partial charge in [-0.3, -0.25) is 9.97 Å². The first-order valence-corrected chi connectivity index (χ1v) is 11.8. The molecular formula is C27H28N6O3. The lowest BCUT2D eigenvalue weighted by Gasteiger charge is -2.24. The van der Waals surface area contributed by atoms with Crippen LogP contribution in [0.5, 0.6) is 11.5 Å². The molecule has 1 fully saturated rings. The average Bonchev–Trinajstić information content (AvgIpc) is 2.94. The highest BCUT2D eigenvalue weighted by Crippen LogP contribution is 2.36. The molecule has 3 aromatic heterocycles. The van der Waals surface area contributed by atoms with Crippen LogP contribution in [-0.2, 0) is 4.74 Å². The maximum atomic E-state index is 5.70. The first-order chi connectivity index (χ1) is 17.7. The number of nitrogens with one attached hydrogen (secondary N) is 2. The van der Waals surface area contributed by atoms with E-state index >= 15 is 0 Å². The Morgan fingerprint density at radius 3 is 2.47 bits per heavy atom. The van der Waals surface area contributed by atoms with Gasteiger partial charge in [-0.2, -0.15) is 4.98 Å². The van der Waals surface area contributed by atoms with Crippen LogP contribution < -0.4 is 20.1 Å². The van der Waals surface area contributed by atoms with Crippen molar-refractivity contribution < 1.29 is 14.2 Å². The zero-order valence-electron chi connectivity index (χ0n) is 20.3. The van der Waals surface area contributed by atoms with Crippen LogP contribution in [0.25, 0.3) is 11.4 Å². The lowest BCUT2D eigenvalue weighted by atomic mass is 9.91. The van der Waals surface area contributed by atoms with E-state index in [2.05, 4.69) is 36.6 Å². The number of rotatable bonds is 8. The quantitative estimate of drug-likeness (QED) is 0.343. The predicted molar refractivity (Wildman–Crippen MR) is 138 cm³/mol. The third-order valence-corrected chi connectivity index (χ3v) is 6.09. The molecule has 0 unspecified atom stereocenters. The van der Waals surface area contributed by atoms with Gasteiger partial charge in [0.05, 0.1) is 31.8 Å². The molecule has 2 N–H and O–H groups in total. The molecule has 36 heavy (non-hydrogen) atoms. The lowest BCUT2D eigenvalue weighted by molar-refractivity contribution is 0.0848. The molecule has 1 aliphatic heterocycles. The van der Waals surface area contributed by atoms with E-state index in [4.69, 9.17) is 14.2 Å². The Morgan fingerprint density at radius 1 is 0.861 bits per heavy atom. The molecule has 4 aromatic rings. The summed E-state index contributed by atoms with van der Waals surface area (Å²) >= 11 is 0. The topological polar surface area (TPSA) is 103 Å². The Balaban J connectivity index is 1.40. The number of hydrogen-bond donors (Lipinski definition) is 2. The van der Waals surface area contributed by atoms with E-state index in [9.17, 15) is 0 Å². The summed E-state index contributed by atoms with van der Waals surface area (Å²) in [5, 5.41) is 6.62. The van der Waals surface area contributed by atoms with Gasteiger partial charge in [0.1, 0.15) is 11.4 Å². The van der Waals surface area contributed by atoms with Crippen molar-refractivity contribution in [2.75, 3.05) is 38.1 Å². The average molecular weight is 485 g/mol. The molecule has 5 rings (SSSR count). The number of ether oxygens (including phenoxy) is 3. The van der Waals surface area contributed by atoms with E-state index in [1.54, 1.807) is 32.8 Å². The van der Waals surface area contributed by atoms with Gasteiger partial charge in [-0.05, 0) is 54.7 Å². The summed E-state index contributed by atoms with van der Waals surface area (Å²) in [6.07, 6.45) is 7.09. The molecular weight excluding hydrogens is 456 g/mol. The maximum absolute atomic E-state index is 5.70. The summed E-state index contributed by atoms with van der Waals surface area (Å²) in [6.45, 7) is 1.56. The van der Waals surface area contributed by atoms with Crippen molar-refractivity contribution >= 4 is 23.1 Å². The predicted octanol–water partition coefficient (Wildman–Crippen LogP) is 5.33. The van der Waals surface area contributed by atoms with Crippen molar-refractivity contribution in [3.63, 3.8) is 0 Å². The van der Waals surface area contributed by atoms with Crippen LogP contribution in [0, 0.1) is 0 Å². The molecule has 1 aliphatic rings. The van der Waals surface area contributed by atoms with E-state index in [0.717, 1.165) is 48.9 Å². The fourth-order valence-electron chi connectivity index (χ4n) is 4.27. The molecule has 1 aromatic carbocycles. The van der Waals surface area contributed by atoms with E-state index in [-0.39, 0.29) is 0 Å². The van der Waals surface area contributed by atoms with Crippen LogP contribution in [0.1, 0.15) is 24.3 Å². The van der Waals surface area contributed by atoms with Gasteiger partial charge >= 0.3 is 0 Å². The molecule has 1 saturated heterocycles. The largest absolute Gasteiger partial charge is 0.496 e. The van der Waals surface area contributed by atoms with Crippen molar-refractivity contribution in [1.29, 1.82) is 0 Å². The smallest absolute Gasteiger partial charge is 0.229 e. The molecule has 0 atom stereocenters. The van der Waals surface area contributed by atoms with Gasteiger partial charge in [-0.15, -0.1) is 0 Å². The molecule has 0 bridgehead atoms. The standard InChI is InChI=1S/C27H28N6O3/c1-34-23-16-19(8-9-20(23)18-10-14-36-15-11-18)31-27-30-17-24(35-2)26(33-27)32-22-7-5-13-29-25(22)21-6-3-4-12-28-21/h3-9,12-13,16-18H,10-11,14-15H2,1-2H3,(H2,30,31,32,33). The van der Waals surface area contributed by atoms with Crippen LogP contribution in [-0.4, -0.2) is 47.4 Å². The van der Waals surface area contributed by atoms with Gasteiger partial charge in [0, 0.05) is 37.4 Å².